The first-order valence-corrected chi connectivity index (χ1v) is 6.62. The Hall–Kier alpha value is -2.34. The van der Waals surface area contributed by atoms with Crippen LogP contribution in [-0.4, -0.2) is 33.0 Å². The molecule has 0 saturated heterocycles. The lowest BCUT2D eigenvalue weighted by Gasteiger charge is -2.14. The summed E-state index contributed by atoms with van der Waals surface area (Å²) in [4.78, 5) is 30.1. The van der Waals surface area contributed by atoms with Gasteiger partial charge in [-0.3, -0.25) is 4.79 Å². The molecular formula is C14H14ClN3O3. The van der Waals surface area contributed by atoms with Gasteiger partial charge in [-0.15, -0.1) is 0 Å². The van der Waals surface area contributed by atoms with Crippen molar-refractivity contribution in [3.05, 3.63) is 52.6 Å². The summed E-state index contributed by atoms with van der Waals surface area (Å²) in [6.45, 7) is 1.74. The number of rotatable bonds is 5. The molecule has 0 fully saturated rings. The molecule has 0 aliphatic carbocycles. The lowest BCUT2D eigenvalue weighted by Crippen LogP contribution is -2.42. The zero-order valence-corrected chi connectivity index (χ0v) is 12.0. The minimum absolute atomic E-state index is 0.133. The lowest BCUT2D eigenvalue weighted by molar-refractivity contribution is -0.139. The summed E-state index contributed by atoms with van der Waals surface area (Å²) in [5.74, 6) is -1.55. The number of aliphatic carboxylic acids is 1. The van der Waals surface area contributed by atoms with Crippen LogP contribution in [0.2, 0.25) is 5.02 Å². The van der Waals surface area contributed by atoms with Crippen LogP contribution in [0.4, 0.5) is 0 Å². The number of carbonyl (C=O) groups is 2. The topological polar surface area (TPSA) is 95.1 Å². The number of nitrogens with zero attached hydrogens (tertiary/aromatic N) is 1. The van der Waals surface area contributed by atoms with Gasteiger partial charge in [-0.05, 0) is 30.7 Å². The van der Waals surface area contributed by atoms with Crippen molar-refractivity contribution in [3.63, 3.8) is 0 Å². The van der Waals surface area contributed by atoms with E-state index in [0.717, 1.165) is 0 Å². The van der Waals surface area contributed by atoms with Crippen LogP contribution in [0.25, 0.3) is 0 Å². The maximum atomic E-state index is 12.2. The van der Waals surface area contributed by atoms with Crippen molar-refractivity contribution in [3.8, 4) is 0 Å². The molecule has 21 heavy (non-hydrogen) atoms. The fourth-order valence-corrected chi connectivity index (χ4v) is 2.16. The highest BCUT2D eigenvalue weighted by Gasteiger charge is 2.22. The number of imidazole rings is 1. The Kier molecular flexibility index (Phi) is 4.59. The van der Waals surface area contributed by atoms with Gasteiger partial charge in [0, 0.05) is 28.9 Å². The van der Waals surface area contributed by atoms with Gasteiger partial charge in [-0.2, -0.15) is 0 Å². The highest BCUT2D eigenvalue weighted by molar-refractivity contribution is 6.30. The highest BCUT2D eigenvalue weighted by atomic mass is 35.5. The van der Waals surface area contributed by atoms with Gasteiger partial charge < -0.3 is 15.4 Å². The molecule has 0 radical (unpaired) electrons. The van der Waals surface area contributed by atoms with Gasteiger partial charge in [0.1, 0.15) is 6.04 Å². The monoisotopic (exact) mass is 307 g/mol. The van der Waals surface area contributed by atoms with Crippen LogP contribution in [0.1, 0.15) is 21.6 Å². The number of hydrogen-bond acceptors (Lipinski definition) is 3. The Morgan fingerprint density at radius 1 is 1.48 bits per heavy atom. The number of hydrogen-bond donors (Lipinski definition) is 3. The van der Waals surface area contributed by atoms with Gasteiger partial charge in [-0.25, -0.2) is 9.78 Å². The van der Waals surface area contributed by atoms with Crippen molar-refractivity contribution in [2.24, 2.45) is 0 Å². The van der Waals surface area contributed by atoms with Crippen molar-refractivity contribution in [1.82, 2.24) is 15.3 Å². The molecule has 0 bridgehead atoms. The van der Waals surface area contributed by atoms with Crippen LogP contribution in [0.5, 0.6) is 0 Å². The number of aromatic amines is 1. The minimum Gasteiger partial charge on any atom is -0.480 e. The summed E-state index contributed by atoms with van der Waals surface area (Å²) in [6, 6.07) is 3.78. The highest BCUT2D eigenvalue weighted by Crippen LogP contribution is 2.15. The molecule has 110 valence electrons. The number of nitrogens with one attached hydrogen (secondary N) is 2. The maximum absolute atomic E-state index is 12.2. The first kappa shape index (κ1) is 15.1. The van der Waals surface area contributed by atoms with E-state index in [1.807, 2.05) is 0 Å². The number of H-pyrrole nitrogens is 1. The summed E-state index contributed by atoms with van der Waals surface area (Å²) in [5.41, 5.74) is 1.72. The second kappa shape index (κ2) is 6.41. The normalized spacial score (nSPS) is 11.9. The first-order valence-electron chi connectivity index (χ1n) is 6.24. The number of carboxylic acids is 1. The number of amides is 1. The van der Waals surface area contributed by atoms with E-state index in [-0.39, 0.29) is 6.42 Å². The number of carboxylic acid groups (broad SMARTS) is 1. The Morgan fingerprint density at radius 3 is 2.81 bits per heavy atom. The van der Waals surface area contributed by atoms with Crippen LogP contribution in [0.15, 0.2) is 30.7 Å². The molecule has 7 heteroatoms. The molecule has 1 aromatic heterocycles. The zero-order chi connectivity index (χ0) is 15.4. The number of aryl methyl sites for hydroxylation is 1. The molecule has 1 aromatic carbocycles. The van der Waals surface area contributed by atoms with Crippen LogP contribution in [0, 0.1) is 6.92 Å². The second-order valence-electron chi connectivity index (χ2n) is 4.60. The Morgan fingerprint density at radius 2 is 2.24 bits per heavy atom. The number of carbonyl (C=O) groups excluding carboxylic acids is 1. The van der Waals surface area contributed by atoms with Crippen LogP contribution < -0.4 is 5.32 Å². The zero-order valence-electron chi connectivity index (χ0n) is 11.3. The SMILES string of the molecule is Cc1cc(Cl)ccc1C(=O)N[C@@H](Cc1cnc[nH]1)C(=O)O. The molecule has 0 saturated carbocycles. The average molecular weight is 308 g/mol. The average Bonchev–Trinajstić information content (AvgIpc) is 2.90. The molecular weight excluding hydrogens is 294 g/mol. The molecule has 6 nitrogen and oxygen atoms in total. The Balaban J connectivity index is 2.12. The fourth-order valence-electron chi connectivity index (χ4n) is 1.93. The van der Waals surface area contributed by atoms with E-state index in [0.29, 0.717) is 21.8 Å². The van der Waals surface area contributed by atoms with E-state index >= 15 is 0 Å². The fraction of sp³-hybridized carbons (Fsp3) is 0.214. The third kappa shape index (κ3) is 3.82. The van der Waals surface area contributed by atoms with Crippen molar-refractivity contribution in [2.75, 3.05) is 0 Å². The number of aromatic nitrogens is 2. The molecule has 2 aromatic rings. The number of benzene rings is 1. The molecule has 0 aliphatic heterocycles. The summed E-state index contributed by atoms with van der Waals surface area (Å²) in [5, 5.41) is 12.2. The van der Waals surface area contributed by atoms with Gasteiger partial charge in [0.25, 0.3) is 5.91 Å². The van der Waals surface area contributed by atoms with E-state index in [1.165, 1.54) is 12.5 Å². The molecule has 2 rings (SSSR count). The third-order valence-corrected chi connectivity index (χ3v) is 3.25. The Labute approximate surface area is 126 Å². The van der Waals surface area contributed by atoms with Gasteiger partial charge >= 0.3 is 5.97 Å². The van der Waals surface area contributed by atoms with Crippen molar-refractivity contribution in [1.29, 1.82) is 0 Å². The molecule has 1 amide bonds. The van der Waals surface area contributed by atoms with E-state index in [9.17, 15) is 14.7 Å². The summed E-state index contributed by atoms with van der Waals surface area (Å²) in [6.07, 6.45) is 3.11. The van der Waals surface area contributed by atoms with E-state index in [1.54, 1.807) is 25.1 Å². The van der Waals surface area contributed by atoms with Gasteiger partial charge in [0.2, 0.25) is 0 Å². The molecule has 0 aliphatic rings. The Bertz CT molecular complexity index is 655. The second-order valence-corrected chi connectivity index (χ2v) is 5.04. The minimum atomic E-state index is -1.11. The van der Waals surface area contributed by atoms with E-state index in [2.05, 4.69) is 15.3 Å². The number of halogens is 1. The van der Waals surface area contributed by atoms with Gasteiger partial charge in [-0.1, -0.05) is 11.6 Å². The molecule has 1 atom stereocenters. The van der Waals surface area contributed by atoms with E-state index in [4.69, 9.17) is 11.6 Å². The molecule has 0 spiro atoms. The summed E-state index contributed by atoms with van der Waals surface area (Å²) < 4.78 is 0. The quantitative estimate of drug-likeness (QED) is 0.785. The standard InChI is InChI=1S/C14H14ClN3O3/c1-8-4-9(15)2-3-11(8)13(19)18-12(14(20)21)5-10-6-16-7-17-10/h2-4,6-7,12H,5H2,1H3,(H,16,17)(H,18,19)(H,20,21)/t12-/m0/s1. The van der Waals surface area contributed by atoms with Gasteiger partial charge in [0.15, 0.2) is 0 Å². The van der Waals surface area contributed by atoms with Crippen molar-refractivity contribution >= 4 is 23.5 Å². The van der Waals surface area contributed by atoms with Crippen LogP contribution in [0.3, 0.4) is 0 Å². The van der Waals surface area contributed by atoms with Gasteiger partial charge in [0.05, 0.1) is 6.33 Å². The molecule has 0 unspecified atom stereocenters. The largest absolute Gasteiger partial charge is 0.480 e. The van der Waals surface area contributed by atoms with E-state index < -0.39 is 17.9 Å². The molecule has 1 heterocycles. The third-order valence-electron chi connectivity index (χ3n) is 3.02. The van der Waals surface area contributed by atoms with Crippen molar-refractivity contribution in [2.45, 2.75) is 19.4 Å². The predicted octanol–water partition coefficient (Wildman–Crippen LogP) is 1.80. The van der Waals surface area contributed by atoms with Crippen LogP contribution in [-0.2, 0) is 11.2 Å². The maximum Gasteiger partial charge on any atom is 0.326 e. The molecule has 3 N–H and O–H groups in total. The summed E-state index contributed by atoms with van der Waals surface area (Å²) in [7, 11) is 0. The summed E-state index contributed by atoms with van der Waals surface area (Å²) >= 11 is 5.84. The smallest absolute Gasteiger partial charge is 0.326 e. The lowest BCUT2D eigenvalue weighted by atomic mass is 10.1. The van der Waals surface area contributed by atoms with Crippen LogP contribution >= 0.6 is 11.6 Å². The first-order chi connectivity index (χ1) is 9.97. The van der Waals surface area contributed by atoms with Crippen molar-refractivity contribution < 1.29 is 14.7 Å². The predicted molar refractivity (Wildman–Crippen MR) is 77.4 cm³/mol.